The third-order valence-electron chi connectivity index (χ3n) is 2.68. The van der Waals surface area contributed by atoms with Crippen LogP contribution in [0.2, 0.25) is 0 Å². The van der Waals surface area contributed by atoms with E-state index in [0.29, 0.717) is 5.56 Å². The van der Waals surface area contributed by atoms with Gasteiger partial charge in [-0.25, -0.2) is 5.10 Å². The van der Waals surface area contributed by atoms with Gasteiger partial charge in [-0.2, -0.15) is 4.68 Å². The smallest absolute Gasteiger partial charge is 0.216 e. The van der Waals surface area contributed by atoms with Crippen LogP contribution in [0.4, 0.5) is 13.2 Å². The van der Waals surface area contributed by atoms with Crippen LogP contribution < -0.4 is 5.30 Å². The molecule has 0 aliphatic heterocycles. The molecule has 0 N–H and O–H groups in total. The van der Waals surface area contributed by atoms with Crippen LogP contribution >= 0.6 is 7.26 Å². The minimum atomic E-state index is -4.48. The Bertz CT molecular complexity index is 588. The standard InChI is InChI=1S/C13H14F3N2P.Ir/c1-19(2,3)11-6-4-5-10(9-11)12-7-8-18(17-12)13(14,15)16;/h4,6-9H,1-3H3;. The van der Waals surface area contributed by atoms with Gasteiger partial charge < -0.3 is 0 Å². The Morgan fingerprint density at radius 1 is 1.20 bits per heavy atom. The van der Waals surface area contributed by atoms with E-state index in [4.69, 9.17) is 0 Å². The van der Waals surface area contributed by atoms with Crippen molar-refractivity contribution in [3.63, 3.8) is 0 Å². The summed E-state index contributed by atoms with van der Waals surface area (Å²) in [6, 6.07) is 9.85. The fourth-order valence-electron chi connectivity index (χ4n) is 1.63. The number of halogens is 3. The molecule has 111 valence electrons. The Morgan fingerprint density at radius 2 is 1.85 bits per heavy atom. The summed E-state index contributed by atoms with van der Waals surface area (Å²) in [5.74, 6) is 0. The topological polar surface area (TPSA) is 17.8 Å². The average Bonchev–Trinajstić information content (AvgIpc) is 2.77. The molecular weight excluding hydrogens is 464 g/mol. The van der Waals surface area contributed by atoms with Crippen LogP contribution in [-0.2, 0) is 26.4 Å². The van der Waals surface area contributed by atoms with Crippen molar-refractivity contribution in [1.29, 1.82) is 0 Å². The zero-order valence-corrected chi connectivity index (χ0v) is 14.5. The molecular formula is C13H14F3IrN2P. The number of hydrogen-bond acceptors (Lipinski definition) is 1. The summed E-state index contributed by atoms with van der Waals surface area (Å²) < 4.78 is 37.5. The largest absolute Gasteiger partial charge is 0.503 e. The molecule has 2 nitrogen and oxygen atoms in total. The van der Waals surface area contributed by atoms with Crippen molar-refractivity contribution < 1.29 is 33.3 Å². The van der Waals surface area contributed by atoms with E-state index in [1.54, 1.807) is 6.07 Å². The molecule has 1 aromatic carbocycles. The van der Waals surface area contributed by atoms with E-state index in [9.17, 15) is 13.2 Å². The normalized spacial score (nSPS) is 12.1. The van der Waals surface area contributed by atoms with Gasteiger partial charge in [0.1, 0.15) is 0 Å². The molecule has 0 spiro atoms. The SMILES string of the molecule is C[P+](C)(C)c1cc[c-]c(-c2ccn(C(F)(F)F)n2)c1.[Ir]. The van der Waals surface area contributed by atoms with Crippen molar-refractivity contribution in [2.24, 2.45) is 0 Å². The second-order valence-electron chi connectivity index (χ2n) is 5.09. The quantitative estimate of drug-likeness (QED) is 0.478. The average molecular weight is 478 g/mol. The minimum Gasteiger partial charge on any atom is -0.216 e. The number of rotatable bonds is 2. The van der Waals surface area contributed by atoms with Crippen molar-refractivity contribution >= 4 is 12.6 Å². The predicted octanol–water partition coefficient (Wildman–Crippen LogP) is 3.36. The van der Waals surface area contributed by atoms with Crippen LogP contribution in [0.15, 0.2) is 30.5 Å². The molecule has 7 heteroatoms. The number of benzene rings is 1. The minimum absolute atomic E-state index is 0. The summed E-state index contributed by atoms with van der Waals surface area (Å²) in [5, 5.41) is 4.69. The van der Waals surface area contributed by atoms with E-state index in [0.717, 1.165) is 11.5 Å². The Kier molecular flexibility index (Phi) is 5.18. The molecule has 0 fully saturated rings. The number of nitrogens with zero attached hydrogens (tertiary/aromatic N) is 2. The van der Waals surface area contributed by atoms with Crippen molar-refractivity contribution in [3.8, 4) is 11.3 Å². The first kappa shape index (κ1) is 17.4. The van der Waals surface area contributed by atoms with Crippen LogP contribution in [0.1, 0.15) is 0 Å². The first-order valence-corrected chi connectivity index (χ1v) is 8.78. The first-order valence-electron chi connectivity index (χ1n) is 5.65. The molecule has 0 unspecified atom stereocenters. The van der Waals surface area contributed by atoms with Gasteiger partial charge in [-0.1, -0.05) is 6.07 Å². The third kappa shape index (κ3) is 3.91. The van der Waals surface area contributed by atoms with E-state index >= 15 is 0 Å². The second-order valence-corrected chi connectivity index (χ2v) is 9.63. The maximum Gasteiger partial charge on any atom is 0.503 e. The molecule has 0 bridgehead atoms. The van der Waals surface area contributed by atoms with E-state index < -0.39 is 13.6 Å². The van der Waals surface area contributed by atoms with Gasteiger partial charge >= 0.3 is 6.30 Å². The van der Waals surface area contributed by atoms with Crippen molar-refractivity contribution in [2.45, 2.75) is 6.30 Å². The Labute approximate surface area is 130 Å². The van der Waals surface area contributed by atoms with Crippen LogP contribution in [0.25, 0.3) is 11.3 Å². The Balaban J connectivity index is 0.00000200. The summed E-state index contributed by atoms with van der Waals surface area (Å²) in [7, 11) is -1.22. The summed E-state index contributed by atoms with van der Waals surface area (Å²) in [6.45, 7) is 6.46. The fraction of sp³-hybridized carbons (Fsp3) is 0.308. The van der Waals surface area contributed by atoms with Gasteiger partial charge in [-0.15, -0.1) is 43.0 Å². The first-order chi connectivity index (χ1) is 8.68. The summed E-state index contributed by atoms with van der Waals surface area (Å²) >= 11 is 0. The van der Waals surface area contributed by atoms with Crippen LogP contribution in [0, 0.1) is 6.07 Å². The Hall–Kier alpha value is -0.701. The zero-order chi connectivity index (χ0) is 14.3. The van der Waals surface area contributed by atoms with Gasteiger partial charge in [0, 0.05) is 44.6 Å². The second kappa shape index (κ2) is 5.97. The molecule has 1 radical (unpaired) electrons. The number of hydrogen-bond donors (Lipinski definition) is 0. The molecule has 0 atom stereocenters. The molecule has 2 aromatic rings. The van der Waals surface area contributed by atoms with Gasteiger partial charge in [0.15, 0.2) is 0 Å². The molecule has 2 rings (SSSR count). The van der Waals surface area contributed by atoms with Crippen molar-refractivity contribution in [2.75, 3.05) is 20.0 Å². The number of alkyl halides is 3. The molecule has 0 amide bonds. The molecule has 0 aliphatic rings. The maximum absolute atomic E-state index is 12.5. The third-order valence-corrected chi connectivity index (χ3v) is 4.51. The fourth-order valence-corrected chi connectivity index (χ4v) is 2.67. The summed E-state index contributed by atoms with van der Waals surface area (Å²) in [5.41, 5.74) is 0.878. The molecule has 1 heterocycles. The van der Waals surface area contributed by atoms with Crippen LogP contribution in [0.3, 0.4) is 0 Å². The maximum atomic E-state index is 12.5. The summed E-state index contributed by atoms with van der Waals surface area (Å²) in [4.78, 5) is 0. The van der Waals surface area contributed by atoms with Gasteiger partial charge in [-0.3, -0.25) is 0 Å². The van der Waals surface area contributed by atoms with Crippen molar-refractivity contribution in [3.05, 3.63) is 36.5 Å². The van der Waals surface area contributed by atoms with Gasteiger partial charge in [0.25, 0.3) is 0 Å². The summed E-state index contributed by atoms with van der Waals surface area (Å²) in [6.07, 6.45) is -3.56. The monoisotopic (exact) mass is 479 g/mol. The van der Waals surface area contributed by atoms with Crippen molar-refractivity contribution in [1.82, 2.24) is 9.78 Å². The predicted molar refractivity (Wildman–Crippen MR) is 72.1 cm³/mol. The van der Waals surface area contributed by atoms with Gasteiger partial charge in [0.2, 0.25) is 0 Å². The van der Waals surface area contributed by atoms with Crippen LogP contribution in [-0.4, -0.2) is 29.8 Å². The van der Waals surface area contributed by atoms with E-state index in [1.165, 1.54) is 6.07 Å². The molecule has 0 saturated carbocycles. The van der Waals surface area contributed by atoms with E-state index in [2.05, 4.69) is 31.2 Å². The molecule has 0 aliphatic carbocycles. The number of aromatic nitrogens is 2. The van der Waals surface area contributed by atoms with Gasteiger partial charge in [-0.05, 0) is 0 Å². The van der Waals surface area contributed by atoms with E-state index in [-0.39, 0.29) is 30.5 Å². The zero-order valence-electron chi connectivity index (χ0n) is 11.2. The molecule has 1 aromatic heterocycles. The van der Waals surface area contributed by atoms with E-state index in [1.807, 2.05) is 12.1 Å². The van der Waals surface area contributed by atoms with Gasteiger partial charge in [0.05, 0.1) is 20.0 Å². The Morgan fingerprint density at radius 3 is 2.35 bits per heavy atom. The molecule has 20 heavy (non-hydrogen) atoms. The molecule has 0 saturated heterocycles. The van der Waals surface area contributed by atoms with Crippen LogP contribution in [0.5, 0.6) is 0 Å².